The average Bonchev–Trinajstić information content (AvgIpc) is 2.37. The summed E-state index contributed by atoms with van der Waals surface area (Å²) in [6.45, 7) is -0.639. The van der Waals surface area contributed by atoms with Crippen LogP contribution in [0.15, 0.2) is 0 Å². The highest BCUT2D eigenvalue weighted by atomic mass is 32.2. The number of thiol groups is 1. The van der Waals surface area contributed by atoms with E-state index >= 15 is 0 Å². The molecule has 0 aliphatic carbocycles. The Hall–Kier alpha value is 0.340. The van der Waals surface area contributed by atoms with E-state index in [4.69, 9.17) is 5.73 Å². The van der Waals surface area contributed by atoms with Crippen LogP contribution in [0.5, 0.6) is 0 Å². The zero-order chi connectivity index (χ0) is 15.5. The number of nitrogens with one attached hydrogen (secondary N) is 1. The van der Waals surface area contributed by atoms with Gasteiger partial charge in [0, 0.05) is 18.7 Å². The van der Waals surface area contributed by atoms with Crippen molar-refractivity contribution in [3.63, 3.8) is 0 Å². The van der Waals surface area contributed by atoms with Gasteiger partial charge in [-0.05, 0) is 37.2 Å². The Bertz CT molecular complexity index is 243. The van der Waals surface area contributed by atoms with Crippen LogP contribution in [0.3, 0.4) is 0 Å². The number of unbranched alkanes of at least 4 members (excludes halogenated alkanes) is 2. The molecule has 122 valence electrons. The van der Waals surface area contributed by atoms with Crippen molar-refractivity contribution >= 4 is 24.4 Å². The van der Waals surface area contributed by atoms with Crippen molar-refractivity contribution in [1.29, 1.82) is 0 Å². The number of nitrogens with two attached hydrogens (primary N) is 1. The van der Waals surface area contributed by atoms with E-state index in [-0.39, 0.29) is 18.7 Å². The van der Waals surface area contributed by atoms with Crippen LogP contribution in [-0.4, -0.2) is 35.9 Å². The average molecular weight is 336 g/mol. The van der Waals surface area contributed by atoms with E-state index in [0.29, 0.717) is 37.2 Å². The van der Waals surface area contributed by atoms with Crippen molar-refractivity contribution in [3.05, 3.63) is 0 Å². The summed E-state index contributed by atoms with van der Waals surface area (Å²) in [5.74, 6) is -1.48. The van der Waals surface area contributed by atoms with Crippen LogP contribution in [0.4, 0.5) is 17.6 Å². The lowest BCUT2D eigenvalue weighted by Gasteiger charge is -2.17. The number of thioether (sulfide) groups is 1. The molecular weight excluding hydrogens is 312 g/mol. The molecule has 0 aliphatic rings. The number of rotatable bonds is 13. The van der Waals surface area contributed by atoms with E-state index in [1.54, 1.807) is 0 Å². The second-order valence-electron chi connectivity index (χ2n) is 4.63. The van der Waals surface area contributed by atoms with Crippen molar-refractivity contribution < 1.29 is 17.6 Å². The zero-order valence-electron chi connectivity index (χ0n) is 11.5. The van der Waals surface area contributed by atoms with Crippen LogP contribution in [0.2, 0.25) is 0 Å². The van der Waals surface area contributed by atoms with Crippen LogP contribution < -0.4 is 11.1 Å². The smallest absolute Gasteiger partial charge is 0.303 e. The number of hydrogen-bond donors (Lipinski definition) is 3. The normalized spacial score (nSPS) is 12.9. The van der Waals surface area contributed by atoms with Gasteiger partial charge in [0.15, 0.2) is 0 Å². The molecule has 0 aromatic heterocycles. The number of halogens is 4. The first-order valence-corrected chi connectivity index (χ1v) is 8.51. The van der Waals surface area contributed by atoms with E-state index < -0.39 is 18.5 Å². The van der Waals surface area contributed by atoms with Gasteiger partial charge in [-0.25, -0.2) is 14.1 Å². The highest BCUT2D eigenvalue weighted by Gasteiger charge is 2.27. The molecule has 0 spiro atoms. The quantitative estimate of drug-likeness (QED) is 0.158. The van der Waals surface area contributed by atoms with E-state index in [9.17, 15) is 17.6 Å². The third-order valence-electron chi connectivity index (χ3n) is 2.71. The summed E-state index contributed by atoms with van der Waals surface area (Å²) in [5.41, 5.74) is 4.91. The minimum absolute atomic E-state index is 0.126. The Morgan fingerprint density at radius 3 is 2.25 bits per heavy atom. The van der Waals surface area contributed by atoms with Crippen molar-refractivity contribution in [2.45, 2.75) is 50.5 Å². The summed E-state index contributed by atoms with van der Waals surface area (Å²) in [5, 5.41) is 2.17. The molecule has 0 radical (unpaired) electrons. The van der Waals surface area contributed by atoms with E-state index in [0.717, 1.165) is 0 Å². The maximum atomic E-state index is 13.3. The maximum absolute atomic E-state index is 13.3. The molecule has 0 rings (SSSR count). The number of hydrogen-bond acceptors (Lipinski definition) is 4. The van der Waals surface area contributed by atoms with Crippen molar-refractivity contribution in [2.24, 2.45) is 5.73 Å². The van der Waals surface area contributed by atoms with Gasteiger partial charge in [0.1, 0.15) is 0 Å². The van der Waals surface area contributed by atoms with Gasteiger partial charge in [0.25, 0.3) is 5.92 Å². The first kappa shape index (κ1) is 20.3. The van der Waals surface area contributed by atoms with Crippen LogP contribution in [0.1, 0.15) is 38.5 Å². The fraction of sp³-hybridized carbons (Fsp3) is 1.00. The Labute approximate surface area is 128 Å². The monoisotopic (exact) mass is 336 g/mol. The van der Waals surface area contributed by atoms with Crippen molar-refractivity contribution in [2.75, 3.05) is 23.9 Å². The standard InChI is InChI=1S/C12H24F4N2S2/c13-11(14,9-17)5-2-4-8-20-10-18-12(15,16)6-1-3-7-19/h18-19H,1-10,17H2. The lowest BCUT2D eigenvalue weighted by atomic mass is 10.1. The van der Waals surface area contributed by atoms with Gasteiger partial charge < -0.3 is 5.73 Å². The molecule has 0 saturated heterocycles. The SMILES string of the molecule is NCC(F)(F)CCCCSCNC(F)(F)CCCCS. The molecular formula is C12H24F4N2S2. The van der Waals surface area contributed by atoms with Crippen LogP contribution >= 0.6 is 24.4 Å². The van der Waals surface area contributed by atoms with E-state index in [1.807, 2.05) is 0 Å². The minimum Gasteiger partial charge on any atom is -0.325 e. The number of alkyl halides is 4. The van der Waals surface area contributed by atoms with Gasteiger partial charge in [-0.15, -0.1) is 11.8 Å². The third-order valence-corrected chi connectivity index (χ3v) is 3.95. The van der Waals surface area contributed by atoms with Crippen LogP contribution in [0, 0.1) is 0 Å². The highest BCUT2D eigenvalue weighted by molar-refractivity contribution is 7.99. The second kappa shape index (κ2) is 11.0. The fourth-order valence-corrected chi connectivity index (χ4v) is 2.56. The zero-order valence-corrected chi connectivity index (χ0v) is 13.2. The van der Waals surface area contributed by atoms with Crippen molar-refractivity contribution in [1.82, 2.24) is 5.32 Å². The molecule has 0 heterocycles. The molecule has 20 heavy (non-hydrogen) atoms. The summed E-state index contributed by atoms with van der Waals surface area (Å²) in [7, 11) is 0. The first-order valence-electron chi connectivity index (χ1n) is 6.72. The summed E-state index contributed by atoms with van der Waals surface area (Å²) in [4.78, 5) is 0. The molecule has 0 aromatic carbocycles. The molecule has 0 unspecified atom stereocenters. The largest absolute Gasteiger partial charge is 0.325 e. The third kappa shape index (κ3) is 12.1. The molecule has 0 aromatic rings. The lowest BCUT2D eigenvalue weighted by Crippen LogP contribution is -2.36. The Morgan fingerprint density at radius 1 is 1.00 bits per heavy atom. The van der Waals surface area contributed by atoms with Gasteiger partial charge in [-0.3, -0.25) is 0 Å². The van der Waals surface area contributed by atoms with Gasteiger partial charge in [0.2, 0.25) is 0 Å². The fourth-order valence-electron chi connectivity index (χ4n) is 1.47. The molecule has 2 nitrogen and oxygen atoms in total. The summed E-state index contributed by atoms with van der Waals surface area (Å²) < 4.78 is 52.1. The Kier molecular flexibility index (Phi) is 11.2. The van der Waals surface area contributed by atoms with Crippen LogP contribution in [-0.2, 0) is 0 Å². The topological polar surface area (TPSA) is 38.0 Å². The molecule has 8 heteroatoms. The maximum Gasteiger partial charge on any atom is 0.303 e. The van der Waals surface area contributed by atoms with E-state index in [2.05, 4.69) is 17.9 Å². The Balaban J connectivity index is 3.47. The van der Waals surface area contributed by atoms with Gasteiger partial charge in [0.05, 0.1) is 6.54 Å². The predicted molar refractivity (Wildman–Crippen MR) is 81.0 cm³/mol. The summed E-state index contributed by atoms with van der Waals surface area (Å²) in [6.07, 6.45) is 1.60. The molecule has 0 fully saturated rings. The predicted octanol–water partition coefficient (Wildman–Crippen LogP) is 3.72. The highest BCUT2D eigenvalue weighted by Crippen LogP contribution is 2.21. The summed E-state index contributed by atoms with van der Waals surface area (Å²) in [6, 6.07) is -2.86. The van der Waals surface area contributed by atoms with Crippen molar-refractivity contribution in [3.8, 4) is 0 Å². The van der Waals surface area contributed by atoms with Gasteiger partial charge >= 0.3 is 6.05 Å². The molecule has 0 saturated carbocycles. The van der Waals surface area contributed by atoms with Gasteiger partial charge in [-0.1, -0.05) is 0 Å². The molecule has 3 N–H and O–H groups in total. The first-order chi connectivity index (χ1) is 9.33. The molecule has 0 bridgehead atoms. The van der Waals surface area contributed by atoms with Crippen LogP contribution in [0.25, 0.3) is 0 Å². The molecule has 0 aliphatic heterocycles. The molecule has 0 atom stereocenters. The summed E-state index contributed by atoms with van der Waals surface area (Å²) >= 11 is 5.26. The van der Waals surface area contributed by atoms with E-state index in [1.165, 1.54) is 11.8 Å². The second-order valence-corrected chi connectivity index (χ2v) is 6.18. The van der Waals surface area contributed by atoms with Gasteiger partial charge in [-0.2, -0.15) is 21.4 Å². The Morgan fingerprint density at radius 2 is 1.65 bits per heavy atom. The molecule has 0 amide bonds. The minimum atomic E-state index is -2.86. The lowest BCUT2D eigenvalue weighted by molar-refractivity contribution is -0.0386.